The number of rotatable bonds is 13. The van der Waals surface area contributed by atoms with Crippen LogP contribution in [0.3, 0.4) is 0 Å². The van der Waals surface area contributed by atoms with E-state index in [9.17, 15) is 18.0 Å². The Morgan fingerprint density at radius 3 is 2.28 bits per heavy atom. The molecule has 0 saturated heterocycles. The number of ether oxygens (including phenoxy) is 2. The molecule has 0 aliphatic heterocycles. The Morgan fingerprint density at radius 2 is 1.65 bits per heavy atom. The van der Waals surface area contributed by atoms with Gasteiger partial charge < -0.3 is 19.7 Å². The molecule has 1 saturated carbocycles. The van der Waals surface area contributed by atoms with Crippen molar-refractivity contribution in [3.05, 3.63) is 88.9 Å². The summed E-state index contributed by atoms with van der Waals surface area (Å²) in [7, 11) is -0.912. The predicted octanol–water partition coefficient (Wildman–Crippen LogP) is 4.82. The number of carbonyl (C=O) groups is 2. The summed E-state index contributed by atoms with van der Waals surface area (Å²) in [4.78, 5) is 29.7. The smallest absolute Gasteiger partial charge is 0.244 e. The summed E-state index contributed by atoms with van der Waals surface area (Å²) in [6.45, 7) is -0.472. The molecular formula is C32H38ClN3O6S. The molecule has 9 nitrogen and oxygen atoms in total. The van der Waals surface area contributed by atoms with Gasteiger partial charge in [0, 0.05) is 19.0 Å². The fourth-order valence-electron chi connectivity index (χ4n) is 5.31. The van der Waals surface area contributed by atoms with Crippen LogP contribution < -0.4 is 19.1 Å². The predicted molar refractivity (Wildman–Crippen MR) is 168 cm³/mol. The van der Waals surface area contributed by atoms with E-state index >= 15 is 0 Å². The van der Waals surface area contributed by atoms with Crippen molar-refractivity contribution in [3.63, 3.8) is 0 Å². The van der Waals surface area contributed by atoms with Crippen LogP contribution in [-0.4, -0.2) is 64.2 Å². The van der Waals surface area contributed by atoms with Crippen molar-refractivity contribution in [2.75, 3.05) is 31.3 Å². The SMILES string of the molecule is COc1cccc(CN(C(=O)CN(c2ccc(OC)c(Cl)c2)S(C)(=O)=O)[C@H](Cc2ccccc2)C(=O)NC2CCCC2)c1. The van der Waals surface area contributed by atoms with Crippen molar-refractivity contribution < 1.29 is 27.5 Å². The second kappa shape index (κ2) is 14.6. The number of carbonyl (C=O) groups excluding carboxylic acids is 2. The summed E-state index contributed by atoms with van der Waals surface area (Å²) in [5.74, 6) is 0.162. The van der Waals surface area contributed by atoms with Gasteiger partial charge in [-0.15, -0.1) is 0 Å². The Kier molecular flexibility index (Phi) is 10.9. The highest BCUT2D eigenvalue weighted by atomic mass is 35.5. The summed E-state index contributed by atoms with van der Waals surface area (Å²) < 4.78 is 37.6. The second-order valence-electron chi connectivity index (χ2n) is 10.7. The molecule has 0 radical (unpaired) electrons. The second-order valence-corrected chi connectivity index (χ2v) is 13.0. The number of amides is 2. The molecule has 0 heterocycles. The van der Waals surface area contributed by atoms with E-state index in [1.54, 1.807) is 25.3 Å². The third-order valence-electron chi connectivity index (χ3n) is 7.56. The van der Waals surface area contributed by atoms with Crippen LogP contribution in [0, 0.1) is 0 Å². The Hall–Kier alpha value is -3.76. The van der Waals surface area contributed by atoms with Crippen LogP contribution in [0.15, 0.2) is 72.8 Å². The topological polar surface area (TPSA) is 105 Å². The lowest BCUT2D eigenvalue weighted by molar-refractivity contribution is -0.140. The Labute approximate surface area is 258 Å². The number of nitrogens with one attached hydrogen (secondary N) is 1. The highest BCUT2D eigenvalue weighted by molar-refractivity contribution is 7.92. The number of sulfonamides is 1. The highest BCUT2D eigenvalue weighted by Crippen LogP contribution is 2.30. The lowest BCUT2D eigenvalue weighted by Gasteiger charge is -2.34. The van der Waals surface area contributed by atoms with Gasteiger partial charge in [0.25, 0.3) is 0 Å². The average molecular weight is 628 g/mol. The van der Waals surface area contributed by atoms with Gasteiger partial charge in [-0.3, -0.25) is 13.9 Å². The molecule has 3 aromatic carbocycles. The first-order valence-corrected chi connectivity index (χ1v) is 16.4. The van der Waals surface area contributed by atoms with Crippen molar-refractivity contribution in [1.82, 2.24) is 10.2 Å². The van der Waals surface area contributed by atoms with Gasteiger partial charge in [0.1, 0.15) is 24.1 Å². The first kappa shape index (κ1) is 32.2. The fourth-order valence-corrected chi connectivity index (χ4v) is 6.41. The first-order valence-electron chi connectivity index (χ1n) is 14.2. The minimum absolute atomic E-state index is 0.0357. The molecule has 1 fully saturated rings. The quantitative estimate of drug-likeness (QED) is 0.291. The third kappa shape index (κ3) is 8.64. The van der Waals surface area contributed by atoms with Gasteiger partial charge in [-0.25, -0.2) is 8.42 Å². The van der Waals surface area contributed by atoms with Crippen molar-refractivity contribution in [2.45, 2.75) is 50.7 Å². The van der Waals surface area contributed by atoms with Gasteiger partial charge in [0.05, 0.1) is 31.2 Å². The Balaban J connectivity index is 1.74. The van der Waals surface area contributed by atoms with E-state index in [0.717, 1.165) is 47.4 Å². The van der Waals surface area contributed by atoms with Gasteiger partial charge in [-0.2, -0.15) is 0 Å². The van der Waals surface area contributed by atoms with Gasteiger partial charge >= 0.3 is 0 Å². The van der Waals surface area contributed by atoms with Crippen molar-refractivity contribution in [3.8, 4) is 11.5 Å². The van der Waals surface area contributed by atoms with E-state index in [2.05, 4.69) is 5.32 Å². The van der Waals surface area contributed by atoms with E-state index < -0.39 is 28.5 Å². The Bertz CT molecular complexity index is 1510. The van der Waals surface area contributed by atoms with E-state index in [1.807, 2.05) is 42.5 Å². The van der Waals surface area contributed by atoms with E-state index in [1.165, 1.54) is 24.1 Å². The zero-order chi connectivity index (χ0) is 31.0. The molecule has 0 unspecified atom stereocenters. The van der Waals surface area contributed by atoms with Crippen LogP contribution in [0.4, 0.5) is 5.69 Å². The van der Waals surface area contributed by atoms with Crippen LogP contribution in [0.2, 0.25) is 5.02 Å². The van der Waals surface area contributed by atoms with E-state index in [4.69, 9.17) is 21.1 Å². The number of halogens is 1. The van der Waals surface area contributed by atoms with E-state index in [-0.39, 0.29) is 35.6 Å². The Morgan fingerprint density at radius 1 is 0.953 bits per heavy atom. The van der Waals surface area contributed by atoms with Gasteiger partial charge in [-0.05, 0) is 54.3 Å². The van der Waals surface area contributed by atoms with Crippen LogP contribution in [0.5, 0.6) is 11.5 Å². The normalized spacial score (nSPS) is 14.1. The van der Waals surface area contributed by atoms with E-state index in [0.29, 0.717) is 11.5 Å². The van der Waals surface area contributed by atoms with Gasteiger partial charge in [0.2, 0.25) is 21.8 Å². The van der Waals surface area contributed by atoms with Gasteiger partial charge in [-0.1, -0.05) is 66.9 Å². The molecule has 11 heteroatoms. The molecule has 230 valence electrons. The summed E-state index contributed by atoms with van der Waals surface area (Å²) in [6.07, 6.45) is 5.12. The van der Waals surface area contributed by atoms with Crippen LogP contribution in [0.25, 0.3) is 0 Å². The molecule has 3 aromatic rings. The highest BCUT2D eigenvalue weighted by Gasteiger charge is 2.34. The molecule has 1 aliphatic carbocycles. The lowest BCUT2D eigenvalue weighted by Crippen LogP contribution is -2.54. The summed E-state index contributed by atoms with van der Waals surface area (Å²) in [5.41, 5.74) is 1.82. The molecule has 4 rings (SSSR count). The minimum Gasteiger partial charge on any atom is -0.497 e. The molecule has 0 bridgehead atoms. The number of anilines is 1. The number of methoxy groups -OCH3 is 2. The van der Waals surface area contributed by atoms with Crippen molar-refractivity contribution >= 4 is 39.1 Å². The molecule has 1 aliphatic rings. The number of hydrogen-bond acceptors (Lipinski definition) is 6. The molecule has 1 N–H and O–H groups in total. The molecule has 2 amide bonds. The summed E-state index contributed by atoms with van der Waals surface area (Å²) in [6, 6.07) is 20.4. The molecule has 1 atom stereocenters. The van der Waals surface area contributed by atoms with Crippen LogP contribution >= 0.6 is 11.6 Å². The van der Waals surface area contributed by atoms with Gasteiger partial charge in [0.15, 0.2) is 0 Å². The molecular weight excluding hydrogens is 590 g/mol. The number of nitrogens with zero attached hydrogens (tertiary/aromatic N) is 2. The average Bonchev–Trinajstić information content (AvgIpc) is 3.50. The maximum Gasteiger partial charge on any atom is 0.244 e. The van der Waals surface area contributed by atoms with Crippen LogP contribution in [0.1, 0.15) is 36.8 Å². The third-order valence-corrected chi connectivity index (χ3v) is 9.00. The minimum atomic E-state index is -3.92. The zero-order valence-electron chi connectivity index (χ0n) is 24.7. The number of hydrogen-bond donors (Lipinski definition) is 1. The van der Waals surface area contributed by atoms with Crippen molar-refractivity contribution in [1.29, 1.82) is 0 Å². The molecule has 0 spiro atoms. The summed E-state index contributed by atoms with van der Waals surface area (Å²) in [5, 5.41) is 3.36. The standard InChI is InChI=1S/C32H38ClN3O6S/c1-41-27-15-9-12-24(18-27)21-35(29(19-23-10-5-4-6-11-23)32(38)34-25-13-7-8-14-25)31(37)22-36(43(3,39)40)26-16-17-30(42-2)28(33)20-26/h4-6,9-12,15-18,20,25,29H,7-8,13-14,19,21-22H2,1-3H3,(H,34,38)/t29-/m1/s1. The fraction of sp³-hybridized carbons (Fsp3) is 0.375. The summed E-state index contributed by atoms with van der Waals surface area (Å²) >= 11 is 6.32. The zero-order valence-corrected chi connectivity index (χ0v) is 26.2. The number of benzene rings is 3. The molecule has 0 aromatic heterocycles. The largest absolute Gasteiger partial charge is 0.497 e. The lowest BCUT2D eigenvalue weighted by atomic mass is 10.0. The van der Waals surface area contributed by atoms with Crippen LogP contribution in [-0.2, 0) is 32.6 Å². The van der Waals surface area contributed by atoms with Crippen molar-refractivity contribution in [2.24, 2.45) is 0 Å². The first-order chi connectivity index (χ1) is 20.6. The maximum atomic E-state index is 14.3. The maximum absolute atomic E-state index is 14.3. The monoisotopic (exact) mass is 627 g/mol. The molecule has 43 heavy (non-hydrogen) atoms.